The van der Waals surface area contributed by atoms with Crippen LogP contribution in [0.15, 0.2) is 73.3 Å². The number of benzene rings is 2. The first-order chi connectivity index (χ1) is 10.6. The average Bonchev–Trinajstić information content (AvgIpc) is 2.55. The Morgan fingerprint density at radius 2 is 1.59 bits per heavy atom. The zero-order valence-electron chi connectivity index (χ0n) is 12.0. The van der Waals surface area contributed by atoms with Gasteiger partial charge in [0.2, 0.25) is 0 Å². The van der Waals surface area contributed by atoms with Gasteiger partial charge < -0.3 is 10.4 Å². The van der Waals surface area contributed by atoms with Crippen LogP contribution in [0.4, 0.5) is 0 Å². The van der Waals surface area contributed by atoms with Gasteiger partial charge in [-0.3, -0.25) is 4.79 Å². The molecule has 0 aliphatic heterocycles. The number of carbonyl (C=O) groups is 2. The van der Waals surface area contributed by atoms with Gasteiger partial charge >= 0.3 is 5.97 Å². The van der Waals surface area contributed by atoms with Crippen molar-refractivity contribution in [1.29, 1.82) is 0 Å². The SMILES string of the molecule is C=C[C@@](Cc1ccccc1)(NC(=O)c1ccccc1)C(=O)O. The van der Waals surface area contributed by atoms with Crippen LogP contribution in [-0.2, 0) is 11.2 Å². The van der Waals surface area contributed by atoms with Gasteiger partial charge in [0.15, 0.2) is 5.54 Å². The van der Waals surface area contributed by atoms with E-state index in [0.29, 0.717) is 5.56 Å². The first-order valence-corrected chi connectivity index (χ1v) is 6.86. The Bertz CT molecular complexity index is 667. The van der Waals surface area contributed by atoms with Crippen molar-refractivity contribution in [2.75, 3.05) is 0 Å². The van der Waals surface area contributed by atoms with E-state index in [1.807, 2.05) is 30.3 Å². The van der Waals surface area contributed by atoms with E-state index in [2.05, 4.69) is 11.9 Å². The van der Waals surface area contributed by atoms with Crippen LogP contribution in [0.2, 0.25) is 0 Å². The van der Waals surface area contributed by atoms with Crippen LogP contribution in [-0.4, -0.2) is 22.5 Å². The number of hydrogen-bond acceptors (Lipinski definition) is 2. The molecule has 0 bridgehead atoms. The van der Waals surface area contributed by atoms with Crippen LogP contribution in [0.25, 0.3) is 0 Å². The van der Waals surface area contributed by atoms with Crippen molar-refractivity contribution >= 4 is 11.9 Å². The maximum atomic E-state index is 12.3. The minimum atomic E-state index is -1.55. The molecule has 1 atom stereocenters. The highest BCUT2D eigenvalue weighted by Crippen LogP contribution is 2.17. The first-order valence-electron chi connectivity index (χ1n) is 6.86. The van der Waals surface area contributed by atoms with Gasteiger partial charge in [0.05, 0.1) is 0 Å². The predicted molar refractivity (Wildman–Crippen MR) is 84.6 cm³/mol. The number of carboxylic acid groups (broad SMARTS) is 1. The molecule has 0 radical (unpaired) electrons. The van der Waals surface area contributed by atoms with Gasteiger partial charge in [-0.05, 0) is 17.7 Å². The molecular weight excluding hydrogens is 278 g/mol. The fraction of sp³-hybridized carbons (Fsp3) is 0.111. The molecule has 0 unspecified atom stereocenters. The summed E-state index contributed by atoms with van der Waals surface area (Å²) < 4.78 is 0. The van der Waals surface area contributed by atoms with Crippen molar-refractivity contribution in [3.05, 3.63) is 84.4 Å². The topological polar surface area (TPSA) is 66.4 Å². The monoisotopic (exact) mass is 295 g/mol. The maximum Gasteiger partial charge on any atom is 0.333 e. The van der Waals surface area contributed by atoms with E-state index < -0.39 is 17.4 Å². The first kappa shape index (κ1) is 15.5. The van der Waals surface area contributed by atoms with Crippen molar-refractivity contribution in [1.82, 2.24) is 5.32 Å². The third-order valence-corrected chi connectivity index (χ3v) is 3.43. The van der Waals surface area contributed by atoms with Gasteiger partial charge in [-0.15, -0.1) is 6.58 Å². The number of aliphatic carboxylic acids is 1. The summed E-state index contributed by atoms with van der Waals surface area (Å²) in [6.07, 6.45) is 1.40. The average molecular weight is 295 g/mol. The Morgan fingerprint density at radius 1 is 1.05 bits per heavy atom. The number of nitrogens with one attached hydrogen (secondary N) is 1. The Hall–Kier alpha value is -2.88. The Labute approximate surface area is 129 Å². The summed E-state index contributed by atoms with van der Waals surface area (Å²) >= 11 is 0. The highest BCUT2D eigenvalue weighted by Gasteiger charge is 2.37. The Kier molecular flexibility index (Phi) is 4.73. The summed E-state index contributed by atoms with van der Waals surface area (Å²) in [6.45, 7) is 3.60. The van der Waals surface area contributed by atoms with Gasteiger partial charge in [0.1, 0.15) is 0 Å². The number of carbonyl (C=O) groups excluding carboxylic acids is 1. The third kappa shape index (κ3) is 3.41. The highest BCUT2D eigenvalue weighted by molar-refractivity contribution is 5.98. The Morgan fingerprint density at radius 3 is 2.09 bits per heavy atom. The number of hydrogen-bond donors (Lipinski definition) is 2. The van der Waals surface area contributed by atoms with Crippen LogP contribution in [0, 0.1) is 0 Å². The number of amides is 1. The molecule has 0 spiro atoms. The van der Waals surface area contributed by atoms with E-state index in [1.54, 1.807) is 30.3 Å². The fourth-order valence-electron chi connectivity index (χ4n) is 2.17. The molecule has 0 aliphatic carbocycles. The van der Waals surface area contributed by atoms with E-state index >= 15 is 0 Å². The predicted octanol–water partition coefficient (Wildman–Crippen LogP) is 2.67. The molecule has 0 aromatic heterocycles. The molecule has 4 nitrogen and oxygen atoms in total. The second-order valence-electron chi connectivity index (χ2n) is 4.96. The van der Waals surface area contributed by atoms with Gasteiger partial charge in [-0.25, -0.2) is 4.79 Å². The van der Waals surface area contributed by atoms with E-state index in [9.17, 15) is 14.7 Å². The molecule has 0 aliphatic rings. The zero-order valence-corrected chi connectivity index (χ0v) is 12.0. The van der Waals surface area contributed by atoms with Crippen LogP contribution < -0.4 is 5.32 Å². The summed E-state index contributed by atoms with van der Waals surface area (Å²) in [5, 5.41) is 12.2. The molecule has 2 N–H and O–H groups in total. The smallest absolute Gasteiger partial charge is 0.333 e. The van der Waals surface area contributed by atoms with Gasteiger partial charge in [-0.1, -0.05) is 54.6 Å². The standard InChI is InChI=1S/C18H17NO3/c1-2-18(17(21)22,13-14-9-5-3-6-10-14)19-16(20)15-11-7-4-8-12-15/h2-12H,1,13H2,(H,19,20)(H,21,22)/t18-/m0/s1. The number of carboxylic acids is 1. The van der Waals surface area contributed by atoms with Crippen molar-refractivity contribution < 1.29 is 14.7 Å². The summed E-state index contributed by atoms with van der Waals surface area (Å²) in [5.41, 5.74) is -0.338. The summed E-state index contributed by atoms with van der Waals surface area (Å²) in [6, 6.07) is 17.6. The van der Waals surface area contributed by atoms with Crippen molar-refractivity contribution in [2.24, 2.45) is 0 Å². The minimum Gasteiger partial charge on any atom is -0.479 e. The molecule has 0 fully saturated rings. The summed E-state index contributed by atoms with van der Waals surface area (Å²) in [5.74, 6) is -1.59. The lowest BCUT2D eigenvalue weighted by Crippen LogP contribution is -2.54. The third-order valence-electron chi connectivity index (χ3n) is 3.43. The van der Waals surface area contributed by atoms with E-state index in [1.165, 1.54) is 6.08 Å². The fourth-order valence-corrected chi connectivity index (χ4v) is 2.17. The van der Waals surface area contributed by atoms with Crippen molar-refractivity contribution in [3.8, 4) is 0 Å². The van der Waals surface area contributed by atoms with Gasteiger partial charge in [0.25, 0.3) is 5.91 Å². The maximum absolute atomic E-state index is 12.3. The van der Waals surface area contributed by atoms with E-state index in [4.69, 9.17) is 0 Å². The van der Waals surface area contributed by atoms with Crippen LogP contribution >= 0.6 is 0 Å². The lowest BCUT2D eigenvalue weighted by atomic mass is 9.90. The van der Waals surface area contributed by atoms with Crippen LogP contribution in [0.5, 0.6) is 0 Å². The molecule has 112 valence electrons. The highest BCUT2D eigenvalue weighted by atomic mass is 16.4. The Balaban J connectivity index is 2.28. The van der Waals surface area contributed by atoms with Gasteiger partial charge in [0, 0.05) is 12.0 Å². The van der Waals surface area contributed by atoms with Crippen LogP contribution in [0.3, 0.4) is 0 Å². The molecule has 4 heteroatoms. The summed E-state index contributed by atoms with van der Waals surface area (Å²) in [4.78, 5) is 24.0. The van der Waals surface area contributed by atoms with E-state index in [-0.39, 0.29) is 6.42 Å². The molecular formula is C18H17NO3. The molecule has 2 aromatic rings. The van der Waals surface area contributed by atoms with Crippen molar-refractivity contribution in [2.45, 2.75) is 12.0 Å². The van der Waals surface area contributed by atoms with Crippen molar-refractivity contribution in [3.63, 3.8) is 0 Å². The molecule has 0 heterocycles. The van der Waals surface area contributed by atoms with E-state index in [0.717, 1.165) is 5.56 Å². The minimum absolute atomic E-state index is 0.130. The summed E-state index contributed by atoms with van der Waals surface area (Å²) in [7, 11) is 0. The molecule has 0 saturated heterocycles. The molecule has 22 heavy (non-hydrogen) atoms. The largest absolute Gasteiger partial charge is 0.479 e. The lowest BCUT2D eigenvalue weighted by Gasteiger charge is -2.27. The second-order valence-corrected chi connectivity index (χ2v) is 4.96. The second kappa shape index (κ2) is 6.72. The van der Waals surface area contributed by atoms with Crippen LogP contribution in [0.1, 0.15) is 15.9 Å². The van der Waals surface area contributed by atoms with Gasteiger partial charge in [-0.2, -0.15) is 0 Å². The molecule has 2 rings (SSSR count). The lowest BCUT2D eigenvalue weighted by molar-refractivity contribution is -0.142. The molecule has 1 amide bonds. The quantitative estimate of drug-likeness (QED) is 0.805. The zero-order chi connectivity index (χ0) is 16.0. The number of rotatable bonds is 6. The normalized spacial score (nSPS) is 12.9. The molecule has 2 aromatic carbocycles. The molecule has 0 saturated carbocycles.